The van der Waals surface area contributed by atoms with Crippen molar-refractivity contribution in [1.29, 1.82) is 0 Å². The van der Waals surface area contributed by atoms with Crippen molar-refractivity contribution < 1.29 is 14.7 Å². The molecule has 0 aromatic carbocycles. The number of aliphatic hydroxyl groups is 1. The first-order valence-electron chi connectivity index (χ1n) is 6.62. The van der Waals surface area contributed by atoms with Gasteiger partial charge in [-0.25, -0.2) is 0 Å². The van der Waals surface area contributed by atoms with E-state index in [-0.39, 0.29) is 5.60 Å². The van der Waals surface area contributed by atoms with E-state index in [0.29, 0.717) is 13.2 Å². The summed E-state index contributed by atoms with van der Waals surface area (Å²) in [7, 11) is 0. The summed E-state index contributed by atoms with van der Waals surface area (Å²) in [6.07, 6.45) is 4.26. The lowest BCUT2D eigenvalue weighted by molar-refractivity contribution is -0.0894. The predicted molar refractivity (Wildman–Crippen MR) is 69.8 cm³/mol. The van der Waals surface area contributed by atoms with Gasteiger partial charge in [0.1, 0.15) is 0 Å². The van der Waals surface area contributed by atoms with Gasteiger partial charge in [-0.05, 0) is 27.2 Å². The van der Waals surface area contributed by atoms with E-state index in [1.54, 1.807) is 0 Å². The van der Waals surface area contributed by atoms with Crippen LogP contribution in [0.4, 0.5) is 0 Å². The minimum Gasteiger partial charge on any atom is -0.389 e. The zero-order valence-corrected chi connectivity index (χ0v) is 11.8. The molecule has 0 saturated heterocycles. The van der Waals surface area contributed by atoms with Crippen LogP contribution in [-0.4, -0.2) is 36.6 Å². The first-order valence-corrected chi connectivity index (χ1v) is 6.62. The highest BCUT2D eigenvalue weighted by Crippen LogP contribution is 2.03. The molecule has 0 fully saturated rings. The van der Waals surface area contributed by atoms with Gasteiger partial charge in [-0.15, -0.1) is 0 Å². The summed E-state index contributed by atoms with van der Waals surface area (Å²) < 4.78 is 5.38. The highest BCUT2D eigenvalue weighted by Gasteiger charge is 2.11. The van der Waals surface area contributed by atoms with Crippen molar-refractivity contribution in [3.8, 4) is 0 Å². The van der Waals surface area contributed by atoms with E-state index >= 15 is 0 Å². The zero-order chi connectivity index (χ0) is 13.1. The van der Waals surface area contributed by atoms with E-state index in [2.05, 4.69) is 12.4 Å². The molecule has 0 radical (unpaired) electrons. The quantitative estimate of drug-likeness (QED) is 0.459. The number of aliphatic hydroxyl groups excluding tert-OH is 1. The van der Waals surface area contributed by atoms with E-state index < -0.39 is 6.10 Å². The van der Waals surface area contributed by atoms with E-state index in [9.17, 15) is 5.11 Å². The lowest BCUT2D eigenvalue weighted by Gasteiger charge is -2.20. The van der Waals surface area contributed by atoms with E-state index in [0.717, 1.165) is 13.0 Å². The van der Waals surface area contributed by atoms with E-state index in [4.69, 9.17) is 9.57 Å². The summed E-state index contributed by atoms with van der Waals surface area (Å²) in [6, 6.07) is 0. The Balaban J connectivity index is 3.26. The van der Waals surface area contributed by atoms with Crippen LogP contribution in [0, 0.1) is 0 Å². The molecular weight excluding hydrogens is 218 g/mol. The molecule has 0 aromatic heterocycles. The summed E-state index contributed by atoms with van der Waals surface area (Å²) in [4.78, 5) is 5.29. The lowest BCUT2D eigenvalue weighted by atomic mass is 10.2. The maximum absolute atomic E-state index is 9.58. The Labute approximate surface area is 106 Å². The molecule has 1 atom stereocenters. The second kappa shape index (κ2) is 9.83. The van der Waals surface area contributed by atoms with Gasteiger partial charge in [0.05, 0.1) is 18.3 Å². The summed E-state index contributed by atoms with van der Waals surface area (Å²) >= 11 is 0. The van der Waals surface area contributed by atoms with Crippen LogP contribution >= 0.6 is 0 Å². The number of ether oxygens (including phenoxy) is 1. The van der Waals surface area contributed by atoms with Gasteiger partial charge in [0.15, 0.2) is 0 Å². The van der Waals surface area contributed by atoms with Crippen molar-refractivity contribution in [3.63, 3.8) is 0 Å². The zero-order valence-electron chi connectivity index (χ0n) is 11.8. The topological polar surface area (TPSA) is 50.7 Å². The van der Waals surface area contributed by atoms with E-state index in [1.165, 1.54) is 19.3 Å². The molecule has 0 aromatic rings. The van der Waals surface area contributed by atoms with Gasteiger partial charge in [-0.1, -0.05) is 26.2 Å². The Morgan fingerprint density at radius 2 is 1.88 bits per heavy atom. The third-order valence-corrected chi connectivity index (χ3v) is 2.15. The van der Waals surface area contributed by atoms with Crippen molar-refractivity contribution in [2.75, 3.05) is 19.8 Å². The van der Waals surface area contributed by atoms with Crippen LogP contribution in [0.3, 0.4) is 0 Å². The van der Waals surface area contributed by atoms with Crippen LogP contribution in [-0.2, 0) is 9.57 Å². The van der Waals surface area contributed by atoms with Crippen molar-refractivity contribution in [1.82, 2.24) is 5.48 Å². The molecule has 0 rings (SSSR count). The van der Waals surface area contributed by atoms with E-state index in [1.807, 2.05) is 20.8 Å². The fraction of sp³-hybridized carbons (Fsp3) is 1.00. The highest BCUT2D eigenvalue weighted by molar-refractivity contribution is 4.59. The smallest absolute Gasteiger partial charge is 0.0920 e. The minimum absolute atomic E-state index is 0.235. The molecule has 104 valence electrons. The molecule has 4 nitrogen and oxygen atoms in total. The molecule has 4 heteroatoms. The van der Waals surface area contributed by atoms with Crippen molar-refractivity contribution >= 4 is 0 Å². The Bertz CT molecular complexity index is 169. The molecule has 0 aliphatic heterocycles. The molecule has 1 unspecified atom stereocenters. The molecule has 0 aliphatic rings. The maximum atomic E-state index is 9.58. The molecule has 0 aliphatic carbocycles. The highest BCUT2D eigenvalue weighted by atomic mass is 16.7. The van der Waals surface area contributed by atoms with Crippen molar-refractivity contribution in [3.05, 3.63) is 0 Å². The monoisotopic (exact) mass is 247 g/mol. The fourth-order valence-corrected chi connectivity index (χ4v) is 1.26. The number of rotatable bonds is 10. The Hall–Kier alpha value is -0.160. The van der Waals surface area contributed by atoms with Gasteiger partial charge < -0.3 is 9.84 Å². The van der Waals surface area contributed by atoms with Gasteiger partial charge >= 0.3 is 0 Å². The van der Waals surface area contributed by atoms with Crippen LogP contribution < -0.4 is 5.48 Å². The third-order valence-electron chi connectivity index (χ3n) is 2.15. The Kier molecular flexibility index (Phi) is 9.74. The molecule has 0 amide bonds. The molecule has 0 heterocycles. The standard InChI is InChI=1S/C13H29NO3/c1-5-6-7-8-9-16-11-12(15)10-14-17-13(2,3)4/h12,14-15H,5-11H2,1-4H3. The Morgan fingerprint density at radius 1 is 1.18 bits per heavy atom. The van der Waals surface area contributed by atoms with Crippen LogP contribution in [0.1, 0.15) is 53.4 Å². The average Bonchev–Trinajstić information content (AvgIpc) is 2.21. The second-order valence-corrected chi connectivity index (χ2v) is 5.35. The molecule has 17 heavy (non-hydrogen) atoms. The number of hydrogen-bond donors (Lipinski definition) is 2. The van der Waals surface area contributed by atoms with Gasteiger partial charge in [-0.2, -0.15) is 5.48 Å². The number of hydrogen-bond acceptors (Lipinski definition) is 4. The first-order chi connectivity index (χ1) is 7.95. The van der Waals surface area contributed by atoms with Gasteiger partial charge in [-0.3, -0.25) is 4.84 Å². The molecule has 2 N–H and O–H groups in total. The average molecular weight is 247 g/mol. The molecule has 0 saturated carbocycles. The molecule has 0 spiro atoms. The maximum Gasteiger partial charge on any atom is 0.0920 e. The number of unbranched alkanes of at least 4 members (excludes halogenated alkanes) is 3. The van der Waals surface area contributed by atoms with Crippen LogP contribution in [0.25, 0.3) is 0 Å². The molecular formula is C13H29NO3. The van der Waals surface area contributed by atoms with Crippen LogP contribution in [0.2, 0.25) is 0 Å². The second-order valence-electron chi connectivity index (χ2n) is 5.35. The molecule has 0 bridgehead atoms. The largest absolute Gasteiger partial charge is 0.389 e. The van der Waals surface area contributed by atoms with Crippen LogP contribution in [0.5, 0.6) is 0 Å². The van der Waals surface area contributed by atoms with Gasteiger partial charge in [0.25, 0.3) is 0 Å². The lowest BCUT2D eigenvalue weighted by Crippen LogP contribution is -2.36. The fourth-order valence-electron chi connectivity index (χ4n) is 1.26. The third kappa shape index (κ3) is 13.8. The Morgan fingerprint density at radius 3 is 2.47 bits per heavy atom. The predicted octanol–water partition coefficient (Wildman–Crippen LogP) is 2.26. The summed E-state index contributed by atoms with van der Waals surface area (Å²) in [5, 5.41) is 9.58. The van der Waals surface area contributed by atoms with Gasteiger partial charge in [0.2, 0.25) is 0 Å². The van der Waals surface area contributed by atoms with Gasteiger partial charge in [0, 0.05) is 13.2 Å². The van der Waals surface area contributed by atoms with Crippen LogP contribution in [0.15, 0.2) is 0 Å². The van der Waals surface area contributed by atoms with Crippen molar-refractivity contribution in [2.24, 2.45) is 0 Å². The normalized spacial score (nSPS) is 13.9. The summed E-state index contributed by atoms with van der Waals surface area (Å²) in [6.45, 7) is 9.55. The first kappa shape index (κ1) is 16.8. The number of nitrogens with one attached hydrogen (secondary N) is 1. The van der Waals surface area contributed by atoms with Crippen molar-refractivity contribution in [2.45, 2.75) is 65.1 Å². The summed E-state index contributed by atoms with van der Waals surface area (Å²) in [5.41, 5.74) is 2.52. The number of hydroxylamine groups is 1. The SMILES string of the molecule is CCCCCCOCC(O)CNOC(C)(C)C. The minimum atomic E-state index is -0.511. The summed E-state index contributed by atoms with van der Waals surface area (Å²) in [5.74, 6) is 0.